The molecule has 0 amide bonds. The molecule has 5 rings (SSSR count). The number of benzene rings is 2. The van der Waals surface area contributed by atoms with Gasteiger partial charge in [0.05, 0.1) is 19.1 Å². The Balaban J connectivity index is 1.37. The van der Waals surface area contributed by atoms with Gasteiger partial charge < -0.3 is 14.4 Å². The number of ketones is 1. The minimum atomic E-state index is -0.470. The lowest BCUT2D eigenvalue weighted by molar-refractivity contribution is 0.0230. The lowest BCUT2D eigenvalue weighted by atomic mass is 9.82. The maximum Gasteiger partial charge on any atom is 0.170 e. The zero-order valence-corrected chi connectivity index (χ0v) is 20.5. The van der Waals surface area contributed by atoms with Crippen LogP contribution in [0.2, 0.25) is 5.02 Å². The van der Waals surface area contributed by atoms with Gasteiger partial charge in [-0.15, -0.1) is 0 Å². The highest BCUT2D eigenvalue weighted by Gasteiger charge is 2.43. The minimum Gasteiger partial charge on any atom is -0.497 e. The van der Waals surface area contributed by atoms with Crippen molar-refractivity contribution in [3.8, 4) is 11.5 Å². The predicted octanol–water partition coefficient (Wildman–Crippen LogP) is 5.35. The Kier molecular flexibility index (Phi) is 5.94. The summed E-state index contributed by atoms with van der Waals surface area (Å²) in [6.45, 7) is 5.51. The molecular formula is C27H28ClN3O3. The molecule has 34 heavy (non-hydrogen) atoms. The number of hydrogen-bond donors (Lipinski definition) is 0. The number of anilines is 1. The molecule has 176 valence electrons. The zero-order valence-electron chi connectivity index (χ0n) is 19.7. The van der Waals surface area contributed by atoms with Crippen LogP contribution in [0.5, 0.6) is 11.5 Å². The maximum atomic E-state index is 13.0. The smallest absolute Gasteiger partial charge is 0.170 e. The van der Waals surface area contributed by atoms with Gasteiger partial charge in [0, 0.05) is 48.6 Å². The molecule has 0 N–H and O–H groups in total. The van der Waals surface area contributed by atoms with Crippen molar-refractivity contribution < 1.29 is 14.3 Å². The van der Waals surface area contributed by atoms with Gasteiger partial charge in [-0.05, 0) is 49.7 Å². The number of piperidine rings is 1. The number of carbonyl (C=O) groups is 1. The van der Waals surface area contributed by atoms with Crippen LogP contribution in [-0.2, 0) is 6.42 Å². The third-order valence-corrected chi connectivity index (χ3v) is 7.12. The topological polar surface area (TPSA) is 64.5 Å². The average molecular weight is 478 g/mol. The van der Waals surface area contributed by atoms with Crippen molar-refractivity contribution in [2.24, 2.45) is 0 Å². The molecule has 2 aliphatic heterocycles. The highest BCUT2D eigenvalue weighted by atomic mass is 35.5. The second-order valence-electron chi connectivity index (χ2n) is 9.20. The fourth-order valence-electron chi connectivity index (χ4n) is 5.00. The first-order valence-electron chi connectivity index (χ1n) is 11.6. The summed E-state index contributed by atoms with van der Waals surface area (Å²) in [5.74, 6) is 3.18. The number of rotatable bonds is 4. The zero-order chi connectivity index (χ0) is 23.9. The second kappa shape index (κ2) is 8.91. The monoisotopic (exact) mass is 477 g/mol. The molecule has 1 aromatic heterocycles. The Morgan fingerprint density at radius 1 is 1.09 bits per heavy atom. The van der Waals surface area contributed by atoms with Gasteiger partial charge in [-0.1, -0.05) is 23.7 Å². The molecule has 7 heteroatoms. The Hall–Kier alpha value is -3.12. The van der Waals surface area contributed by atoms with Gasteiger partial charge in [-0.25, -0.2) is 9.97 Å². The van der Waals surface area contributed by atoms with Crippen molar-refractivity contribution in [3.05, 3.63) is 75.7 Å². The van der Waals surface area contributed by atoms with Gasteiger partial charge in [0.1, 0.15) is 28.7 Å². The summed E-state index contributed by atoms with van der Waals surface area (Å²) < 4.78 is 11.7. The van der Waals surface area contributed by atoms with Crippen molar-refractivity contribution in [3.63, 3.8) is 0 Å². The second-order valence-corrected chi connectivity index (χ2v) is 9.63. The quantitative estimate of drug-likeness (QED) is 0.504. The fourth-order valence-corrected chi connectivity index (χ4v) is 5.12. The number of nitrogens with zero attached hydrogens (tertiary/aromatic N) is 3. The van der Waals surface area contributed by atoms with Crippen molar-refractivity contribution >= 4 is 23.2 Å². The first-order chi connectivity index (χ1) is 16.4. The van der Waals surface area contributed by atoms with E-state index >= 15 is 0 Å². The molecule has 1 fully saturated rings. The number of fused-ring (bicyclic) bond motifs is 1. The van der Waals surface area contributed by atoms with Crippen molar-refractivity contribution in [2.45, 2.75) is 45.1 Å². The van der Waals surface area contributed by atoms with Gasteiger partial charge in [-0.3, -0.25) is 4.79 Å². The van der Waals surface area contributed by atoms with Crippen LogP contribution in [0.15, 0.2) is 42.5 Å². The van der Waals surface area contributed by atoms with Crippen LogP contribution in [0.4, 0.5) is 5.82 Å². The summed E-state index contributed by atoms with van der Waals surface area (Å²) in [5.41, 5.74) is 3.43. The Labute approximate surface area is 204 Å². The molecule has 0 aliphatic carbocycles. The van der Waals surface area contributed by atoms with Crippen molar-refractivity contribution in [1.29, 1.82) is 0 Å². The number of methoxy groups -OCH3 is 1. The van der Waals surface area contributed by atoms with E-state index < -0.39 is 5.60 Å². The highest BCUT2D eigenvalue weighted by Crippen LogP contribution is 2.41. The lowest BCUT2D eigenvalue weighted by Gasteiger charge is -2.44. The first-order valence-corrected chi connectivity index (χ1v) is 12.0. The van der Waals surface area contributed by atoms with Crippen molar-refractivity contribution in [2.75, 3.05) is 25.1 Å². The maximum absolute atomic E-state index is 13.0. The first kappa shape index (κ1) is 22.7. The Morgan fingerprint density at radius 2 is 1.82 bits per heavy atom. The van der Waals surface area contributed by atoms with E-state index in [1.165, 1.54) is 5.56 Å². The van der Waals surface area contributed by atoms with Crippen LogP contribution in [0.1, 0.15) is 52.3 Å². The SMILES string of the molecule is COc1ccc2c(c1)C(=O)CC1(CCN(c3nc(C)nc(C)c3Cc3ccc(Cl)cc3)CC1)O2. The van der Waals surface area contributed by atoms with Crippen molar-refractivity contribution in [1.82, 2.24) is 9.97 Å². The molecule has 0 bridgehead atoms. The van der Waals surface area contributed by atoms with E-state index in [9.17, 15) is 4.79 Å². The van der Waals surface area contributed by atoms with E-state index in [1.807, 2.05) is 50.2 Å². The third-order valence-electron chi connectivity index (χ3n) is 6.87. The summed E-state index contributed by atoms with van der Waals surface area (Å²) in [5, 5.41) is 0.726. The van der Waals surface area contributed by atoms with E-state index in [-0.39, 0.29) is 5.78 Å². The molecule has 0 unspecified atom stereocenters. The fraction of sp³-hybridized carbons (Fsp3) is 0.370. The predicted molar refractivity (Wildman–Crippen MR) is 133 cm³/mol. The Bertz CT molecular complexity index is 1230. The summed E-state index contributed by atoms with van der Waals surface area (Å²) in [6, 6.07) is 13.4. The van der Waals surface area contributed by atoms with Gasteiger partial charge in [0.25, 0.3) is 0 Å². The molecule has 0 atom stereocenters. The minimum absolute atomic E-state index is 0.116. The summed E-state index contributed by atoms with van der Waals surface area (Å²) in [7, 11) is 1.60. The van der Waals surface area contributed by atoms with Crippen LogP contribution in [0, 0.1) is 13.8 Å². The lowest BCUT2D eigenvalue weighted by Crippen LogP contribution is -2.51. The number of halogens is 1. The van der Waals surface area contributed by atoms with Crippen LogP contribution in [0.25, 0.3) is 0 Å². The number of ether oxygens (including phenoxy) is 2. The molecule has 6 nitrogen and oxygen atoms in total. The Morgan fingerprint density at radius 3 is 2.53 bits per heavy atom. The molecule has 2 aliphatic rings. The average Bonchev–Trinajstić information content (AvgIpc) is 2.82. The molecule has 1 spiro atoms. The molecule has 1 saturated heterocycles. The number of Topliss-reactive ketones (excluding diaryl/α,β-unsaturated/α-hetero) is 1. The van der Waals surface area contributed by atoms with E-state index in [0.717, 1.165) is 60.3 Å². The van der Waals surface area contributed by atoms with E-state index in [2.05, 4.69) is 9.88 Å². The number of aryl methyl sites for hydroxylation is 2. The van der Waals surface area contributed by atoms with Gasteiger partial charge in [0.15, 0.2) is 5.78 Å². The van der Waals surface area contributed by atoms with E-state index in [4.69, 9.17) is 26.1 Å². The summed E-state index contributed by atoms with van der Waals surface area (Å²) in [4.78, 5) is 24.8. The van der Waals surface area contributed by atoms with Crippen LogP contribution in [0.3, 0.4) is 0 Å². The van der Waals surface area contributed by atoms with Gasteiger partial charge >= 0.3 is 0 Å². The van der Waals surface area contributed by atoms with Crippen LogP contribution < -0.4 is 14.4 Å². The number of hydrogen-bond acceptors (Lipinski definition) is 6. The molecule has 0 saturated carbocycles. The van der Waals surface area contributed by atoms with E-state index in [1.54, 1.807) is 13.2 Å². The number of carbonyl (C=O) groups excluding carboxylic acids is 1. The van der Waals surface area contributed by atoms with Crippen LogP contribution in [-0.4, -0.2) is 41.6 Å². The normalized spacial score (nSPS) is 16.8. The van der Waals surface area contributed by atoms with Gasteiger partial charge in [0.2, 0.25) is 0 Å². The summed E-state index contributed by atoms with van der Waals surface area (Å²) in [6.07, 6.45) is 2.64. The number of aromatic nitrogens is 2. The molecule has 0 radical (unpaired) electrons. The summed E-state index contributed by atoms with van der Waals surface area (Å²) >= 11 is 6.07. The largest absolute Gasteiger partial charge is 0.497 e. The molecule has 3 aromatic rings. The van der Waals surface area contributed by atoms with Gasteiger partial charge in [-0.2, -0.15) is 0 Å². The molecular weight excluding hydrogens is 450 g/mol. The third kappa shape index (κ3) is 4.34. The molecule has 3 heterocycles. The standard InChI is InChI=1S/C27H28ClN3O3/c1-17-22(14-19-4-6-20(28)7-5-19)26(30-18(2)29-17)31-12-10-27(11-13-31)16-24(32)23-15-21(33-3)8-9-25(23)34-27/h4-9,15H,10-14,16H2,1-3H3. The van der Waals surface area contributed by atoms with E-state index in [0.29, 0.717) is 23.5 Å². The highest BCUT2D eigenvalue weighted by molar-refractivity contribution is 6.30. The molecule has 2 aromatic carbocycles. The van der Waals surface area contributed by atoms with Crippen LogP contribution >= 0.6 is 11.6 Å².